The van der Waals surface area contributed by atoms with E-state index < -0.39 is 0 Å². The molecular weight excluding hydrogens is 264 g/mol. The van der Waals surface area contributed by atoms with Crippen LogP contribution in [-0.4, -0.2) is 34.8 Å². The molecule has 1 fully saturated rings. The van der Waals surface area contributed by atoms with Crippen molar-refractivity contribution in [2.75, 3.05) is 13.1 Å². The van der Waals surface area contributed by atoms with Crippen LogP contribution >= 0.6 is 0 Å². The zero-order valence-corrected chi connectivity index (χ0v) is 12.2. The van der Waals surface area contributed by atoms with E-state index in [1.807, 2.05) is 37.3 Å². The lowest BCUT2D eigenvalue weighted by molar-refractivity contribution is 0.0930. The van der Waals surface area contributed by atoms with E-state index in [9.17, 15) is 4.79 Å². The summed E-state index contributed by atoms with van der Waals surface area (Å²) >= 11 is 0. The fraction of sp³-hybridized carbons (Fsp3) is 0.375. The van der Waals surface area contributed by atoms with Gasteiger partial charge < -0.3 is 10.6 Å². The normalized spacial score (nSPS) is 18.4. The minimum atomic E-state index is -0.0385. The molecular formula is C16H20N4O. The maximum Gasteiger partial charge on any atom is 0.255 e. The molecule has 1 atom stereocenters. The molecule has 0 saturated carbocycles. The maximum atomic E-state index is 12.4. The molecule has 2 aromatic rings. The van der Waals surface area contributed by atoms with E-state index in [0.29, 0.717) is 5.56 Å². The number of carbonyl (C=O) groups excluding carboxylic acids is 1. The first-order valence-corrected chi connectivity index (χ1v) is 7.37. The summed E-state index contributed by atoms with van der Waals surface area (Å²) in [6, 6.07) is 10.0. The largest absolute Gasteiger partial charge is 0.348 e. The third-order valence-electron chi connectivity index (χ3n) is 3.80. The van der Waals surface area contributed by atoms with Gasteiger partial charge in [-0.25, -0.2) is 4.68 Å². The lowest BCUT2D eigenvalue weighted by Crippen LogP contribution is -2.45. The van der Waals surface area contributed by atoms with Crippen molar-refractivity contribution in [2.24, 2.45) is 0 Å². The van der Waals surface area contributed by atoms with Gasteiger partial charge in [0.25, 0.3) is 5.91 Å². The van der Waals surface area contributed by atoms with Crippen molar-refractivity contribution in [3.05, 3.63) is 47.8 Å². The van der Waals surface area contributed by atoms with Crippen LogP contribution in [0.3, 0.4) is 0 Å². The average molecular weight is 284 g/mol. The van der Waals surface area contributed by atoms with Crippen molar-refractivity contribution in [2.45, 2.75) is 25.8 Å². The number of amides is 1. The summed E-state index contributed by atoms with van der Waals surface area (Å²) in [5, 5.41) is 10.8. The van der Waals surface area contributed by atoms with Crippen LogP contribution in [0, 0.1) is 6.92 Å². The molecule has 5 nitrogen and oxygen atoms in total. The second kappa shape index (κ2) is 6.10. The standard InChI is InChI=1S/C16H20N4O/c1-12-15(16(21)18-13-6-5-9-17-10-13)11-20(19-12)14-7-3-2-4-8-14/h2-4,7-8,11,13,17H,5-6,9-10H2,1H3,(H,18,21)/t13-/m0/s1. The topological polar surface area (TPSA) is 59.0 Å². The minimum Gasteiger partial charge on any atom is -0.348 e. The van der Waals surface area contributed by atoms with Crippen molar-refractivity contribution in [3.63, 3.8) is 0 Å². The van der Waals surface area contributed by atoms with Gasteiger partial charge in [0.1, 0.15) is 0 Å². The van der Waals surface area contributed by atoms with Gasteiger partial charge in [-0.15, -0.1) is 0 Å². The number of para-hydroxylation sites is 1. The molecule has 110 valence electrons. The molecule has 0 radical (unpaired) electrons. The molecule has 2 heterocycles. The second-order valence-electron chi connectivity index (χ2n) is 5.43. The lowest BCUT2D eigenvalue weighted by atomic mass is 10.1. The number of nitrogens with zero attached hydrogens (tertiary/aromatic N) is 2. The van der Waals surface area contributed by atoms with Crippen LogP contribution in [0.25, 0.3) is 5.69 Å². The number of hydrogen-bond acceptors (Lipinski definition) is 3. The molecule has 1 aromatic heterocycles. The number of aromatic nitrogens is 2. The van der Waals surface area contributed by atoms with E-state index in [-0.39, 0.29) is 11.9 Å². The summed E-state index contributed by atoms with van der Waals surface area (Å²) in [5.74, 6) is -0.0385. The van der Waals surface area contributed by atoms with Gasteiger partial charge in [-0.05, 0) is 38.4 Å². The van der Waals surface area contributed by atoms with Gasteiger partial charge in [-0.1, -0.05) is 18.2 Å². The molecule has 1 amide bonds. The average Bonchev–Trinajstić information content (AvgIpc) is 2.91. The number of benzene rings is 1. The van der Waals surface area contributed by atoms with Crippen LogP contribution in [0.1, 0.15) is 28.9 Å². The van der Waals surface area contributed by atoms with Crippen LogP contribution in [0.15, 0.2) is 36.5 Å². The predicted molar refractivity (Wildman–Crippen MR) is 81.7 cm³/mol. The maximum absolute atomic E-state index is 12.4. The Morgan fingerprint density at radius 1 is 1.38 bits per heavy atom. The molecule has 2 N–H and O–H groups in total. The first-order valence-electron chi connectivity index (χ1n) is 7.37. The lowest BCUT2D eigenvalue weighted by Gasteiger charge is -2.23. The highest BCUT2D eigenvalue weighted by atomic mass is 16.1. The summed E-state index contributed by atoms with van der Waals surface area (Å²) < 4.78 is 1.75. The molecule has 1 aromatic carbocycles. The summed E-state index contributed by atoms with van der Waals surface area (Å²) in [4.78, 5) is 12.4. The second-order valence-corrected chi connectivity index (χ2v) is 5.43. The van der Waals surface area contributed by atoms with Crippen LogP contribution in [0.5, 0.6) is 0 Å². The third kappa shape index (κ3) is 3.13. The van der Waals surface area contributed by atoms with E-state index in [4.69, 9.17) is 0 Å². The van der Waals surface area contributed by atoms with Crippen LogP contribution < -0.4 is 10.6 Å². The Kier molecular flexibility index (Phi) is 4.01. The van der Waals surface area contributed by atoms with E-state index in [0.717, 1.165) is 37.3 Å². The summed E-state index contributed by atoms with van der Waals surface area (Å²) in [7, 11) is 0. The monoisotopic (exact) mass is 284 g/mol. The van der Waals surface area contributed by atoms with Gasteiger partial charge in [0.15, 0.2) is 0 Å². The summed E-state index contributed by atoms with van der Waals surface area (Å²) in [6.45, 7) is 3.75. The molecule has 0 unspecified atom stereocenters. The van der Waals surface area contributed by atoms with Gasteiger partial charge in [0, 0.05) is 18.8 Å². The Morgan fingerprint density at radius 3 is 2.90 bits per heavy atom. The zero-order chi connectivity index (χ0) is 14.7. The van der Waals surface area contributed by atoms with Gasteiger partial charge in [-0.3, -0.25) is 4.79 Å². The minimum absolute atomic E-state index is 0.0385. The van der Waals surface area contributed by atoms with Crippen molar-refractivity contribution >= 4 is 5.91 Å². The molecule has 1 saturated heterocycles. The Bertz CT molecular complexity index is 614. The Hall–Kier alpha value is -2.14. The first kappa shape index (κ1) is 13.8. The molecule has 1 aliphatic rings. The van der Waals surface area contributed by atoms with E-state index in [1.54, 1.807) is 10.9 Å². The molecule has 21 heavy (non-hydrogen) atoms. The Morgan fingerprint density at radius 2 is 2.19 bits per heavy atom. The smallest absolute Gasteiger partial charge is 0.255 e. The summed E-state index contributed by atoms with van der Waals surface area (Å²) in [6.07, 6.45) is 3.94. The van der Waals surface area contributed by atoms with Gasteiger partial charge >= 0.3 is 0 Å². The van der Waals surface area contributed by atoms with Gasteiger partial charge in [0.05, 0.1) is 16.9 Å². The molecule has 0 spiro atoms. The Balaban J connectivity index is 1.76. The number of piperidine rings is 1. The van der Waals surface area contributed by atoms with Gasteiger partial charge in [-0.2, -0.15) is 5.10 Å². The highest BCUT2D eigenvalue weighted by Gasteiger charge is 2.19. The first-order chi connectivity index (χ1) is 10.2. The van der Waals surface area contributed by atoms with Crippen LogP contribution in [0.4, 0.5) is 0 Å². The van der Waals surface area contributed by atoms with E-state index in [1.165, 1.54) is 0 Å². The summed E-state index contributed by atoms with van der Waals surface area (Å²) in [5.41, 5.74) is 2.35. The fourth-order valence-electron chi connectivity index (χ4n) is 2.63. The van der Waals surface area contributed by atoms with Crippen LogP contribution in [0.2, 0.25) is 0 Å². The van der Waals surface area contributed by atoms with Crippen molar-refractivity contribution in [1.29, 1.82) is 0 Å². The number of aryl methyl sites for hydroxylation is 1. The highest BCUT2D eigenvalue weighted by molar-refractivity contribution is 5.95. The highest BCUT2D eigenvalue weighted by Crippen LogP contribution is 2.12. The molecule has 0 bridgehead atoms. The van der Waals surface area contributed by atoms with Crippen molar-refractivity contribution < 1.29 is 4.79 Å². The van der Waals surface area contributed by atoms with Crippen LogP contribution in [-0.2, 0) is 0 Å². The van der Waals surface area contributed by atoms with Crippen molar-refractivity contribution in [1.82, 2.24) is 20.4 Å². The fourth-order valence-corrected chi connectivity index (χ4v) is 2.63. The van der Waals surface area contributed by atoms with Crippen molar-refractivity contribution in [3.8, 4) is 5.69 Å². The molecule has 0 aliphatic carbocycles. The quantitative estimate of drug-likeness (QED) is 0.901. The molecule has 5 heteroatoms. The third-order valence-corrected chi connectivity index (χ3v) is 3.80. The number of carbonyl (C=O) groups is 1. The number of nitrogens with one attached hydrogen (secondary N) is 2. The van der Waals surface area contributed by atoms with Gasteiger partial charge in [0.2, 0.25) is 0 Å². The predicted octanol–water partition coefficient (Wildman–Crippen LogP) is 1.66. The molecule has 3 rings (SSSR count). The van der Waals surface area contributed by atoms with E-state index in [2.05, 4.69) is 15.7 Å². The number of rotatable bonds is 3. The SMILES string of the molecule is Cc1nn(-c2ccccc2)cc1C(=O)N[C@H]1CCCNC1. The van der Waals surface area contributed by atoms with E-state index >= 15 is 0 Å². The Labute approximate surface area is 124 Å². The molecule has 1 aliphatic heterocycles. The number of hydrogen-bond donors (Lipinski definition) is 2. The zero-order valence-electron chi connectivity index (χ0n) is 12.2.